The molecule has 0 aliphatic rings. The fourth-order valence-corrected chi connectivity index (χ4v) is 1.55. The van der Waals surface area contributed by atoms with Gasteiger partial charge in [0.2, 0.25) is 0 Å². The molecule has 0 heterocycles. The summed E-state index contributed by atoms with van der Waals surface area (Å²) in [5.41, 5.74) is 3.53. The number of unbranched alkanes of at least 4 members (excludes halogenated alkanes) is 1. The summed E-state index contributed by atoms with van der Waals surface area (Å²) in [7, 11) is 0. The van der Waals surface area contributed by atoms with E-state index in [2.05, 4.69) is 25.1 Å². The minimum absolute atomic E-state index is 0.841. The summed E-state index contributed by atoms with van der Waals surface area (Å²) in [5.74, 6) is 0. The first-order chi connectivity index (χ1) is 7.27. The van der Waals surface area contributed by atoms with Gasteiger partial charge < -0.3 is 0 Å². The largest absolute Gasteiger partial charge is 0.299 e. The van der Waals surface area contributed by atoms with Crippen LogP contribution in [-0.2, 0) is 11.2 Å². The van der Waals surface area contributed by atoms with Crippen LogP contribution in [0.4, 0.5) is 0 Å². The molecule has 0 atom stereocenters. The van der Waals surface area contributed by atoms with Gasteiger partial charge in [0.15, 0.2) is 0 Å². The van der Waals surface area contributed by atoms with Gasteiger partial charge in [-0.3, -0.25) is 4.79 Å². The van der Waals surface area contributed by atoms with Crippen molar-refractivity contribution < 1.29 is 4.79 Å². The van der Waals surface area contributed by atoms with Crippen LogP contribution in [0.2, 0.25) is 0 Å². The Morgan fingerprint density at radius 3 is 2.87 bits per heavy atom. The van der Waals surface area contributed by atoms with E-state index in [1.54, 1.807) is 6.08 Å². The third kappa shape index (κ3) is 3.70. The molecule has 0 saturated heterocycles. The van der Waals surface area contributed by atoms with Crippen molar-refractivity contribution in [3.05, 3.63) is 41.5 Å². The average molecular weight is 202 g/mol. The summed E-state index contributed by atoms with van der Waals surface area (Å²) in [6.07, 6.45) is 6.01. The van der Waals surface area contributed by atoms with Gasteiger partial charge in [-0.1, -0.05) is 37.6 Å². The number of rotatable bonds is 5. The first kappa shape index (κ1) is 11.7. The third-order valence-corrected chi connectivity index (χ3v) is 2.52. The lowest BCUT2D eigenvalue weighted by Gasteiger charge is -2.04. The van der Waals surface area contributed by atoms with Gasteiger partial charge in [-0.05, 0) is 42.5 Å². The highest BCUT2D eigenvalue weighted by Crippen LogP contribution is 2.16. The second-order valence-corrected chi connectivity index (χ2v) is 3.79. The lowest BCUT2D eigenvalue weighted by Crippen LogP contribution is -1.87. The second kappa shape index (κ2) is 6.18. The average Bonchev–Trinajstić information content (AvgIpc) is 2.27. The van der Waals surface area contributed by atoms with Crippen molar-refractivity contribution in [3.63, 3.8) is 0 Å². The lowest BCUT2D eigenvalue weighted by molar-refractivity contribution is -0.104. The predicted octanol–water partition coefficient (Wildman–Crippen LogP) is 3.63. The van der Waals surface area contributed by atoms with Crippen molar-refractivity contribution in [3.8, 4) is 0 Å². The van der Waals surface area contributed by atoms with Crippen LogP contribution in [0.15, 0.2) is 30.3 Å². The zero-order valence-electron chi connectivity index (χ0n) is 9.49. The molecule has 0 aliphatic carbocycles. The normalized spacial score (nSPS) is 11.5. The Balaban J connectivity index is 2.82. The third-order valence-electron chi connectivity index (χ3n) is 2.52. The van der Waals surface area contributed by atoms with Crippen molar-refractivity contribution >= 4 is 11.9 Å². The zero-order chi connectivity index (χ0) is 11.1. The number of carbonyl (C=O) groups excluding carboxylic acids is 1. The molecule has 1 aromatic rings. The maximum Gasteiger partial charge on any atom is 0.143 e. The highest BCUT2D eigenvalue weighted by atomic mass is 16.1. The van der Waals surface area contributed by atoms with Crippen molar-refractivity contribution in [1.82, 2.24) is 0 Å². The van der Waals surface area contributed by atoms with Crippen LogP contribution in [0, 0.1) is 0 Å². The van der Waals surface area contributed by atoms with E-state index in [1.165, 1.54) is 18.4 Å². The summed E-state index contributed by atoms with van der Waals surface area (Å²) in [6, 6.07) is 8.42. The number of hydrogen-bond donors (Lipinski definition) is 0. The number of aryl methyl sites for hydroxylation is 1. The first-order valence-corrected chi connectivity index (χ1v) is 5.49. The van der Waals surface area contributed by atoms with Crippen molar-refractivity contribution in [1.29, 1.82) is 0 Å². The summed E-state index contributed by atoms with van der Waals surface area (Å²) in [4.78, 5) is 10.4. The van der Waals surface area contributed by atoms with E-state index in [-0.39, 0.29) is 0 Å². The molecule has 0 fully saturated rings. The Hall–Kier alpha value is -1.37. The summed E-state index contributed by atoms with van der Waals surface area (Å²) < 4.78 is 0. The molecule has 0 spiro atoms. The van der Waals surface area contributed by atoms with E-state index in [4.69, 9.17) is 0 Å². The van der Waals surface area contributed by atoms with Crippen LogP contribution < -0.4 is 0 Å². The molecule has 1 rings (SSSR count). The standard InChI is InChI=1S/C14H18O/c1-3-4-6-13-7-5-8-14(11-13)12(2)9-10-15/h5,7-11H,3-4,6H2,1-2H3. The molecular formula is C14H18O. The molecule has 0 aliphatic heterocycles. The number of benzene rings is 1. The molecule has 15 heavy (non-hydrogen) atoms. The van der Waals surface area contributed by atoms with E-state index >= 15 is 0 Å². The minimum atomic E-state index is 0.841. The maximum absolute atomic E-state index is 10.4. The van der Waals surface area contributed by atoms with Crippen molar-refractivity contribution in [2.24, 2.45) is 0 Å². The molecule has 1 aromatic carbocycles. The van der Waals surface area contributed by atoms with Gasteiger partial charge in [0.25, 0.3) is 0 Å². The van der Waals surface area contributed by atoms with E-state index in [0.717, 1.165) is 23.8 Å². The van der Waals surface area contributed by atoms with Crippen LogP contribution >= 0.6 is 0 Å². The van der Waals surface area contributed by atoms with Gasteiger partial charge in [-0.2, -0.15) is 0 Å². The molecule has 0 amide bonds. The molecule has 1 nitrogen and oxygen atoms in total. The maximum atomic E-state index is 10.4. The Morgan fingerprint density at radius 2 is 2.20 bits per heavy atom. The Kier molecular flexibility index (Phi) is 4.82. The van der Waals surface area contributed by atoms with Crippen LogP contribution in [-0.4, -0.2) is 6.29 Å². The summed E-state index contributed by atoms with van der Waals surface area (Å²) in [6.45, 7) is 4.16. The van der Waals surface area contributed by atoms with Gasteiger partial charge in [0.1, 0.15) is 6.29 Å². The lowest BCUT2D eigenvalue weighted by atomic mass is 10.0. The van der Waals surface area contributed by atoms with Crippen molar-refractivity contribution in [2.45, 2.75) is 33.1 Å². The molecule has 0 N–H and O–H groups in total. The molecule has 0 unspecified atom stereocenters. The summed E-state index contributed by atoms with van der Waals surface area (Å²) in [5, 5.41) is 0. The van der Waals surface area contributed by atoms with Gasteiger partial charge in [-0.15, -0.1) is 0 Å². The SMILES string of the molecule is CCCCc1cccc(C(C)=CC=O)c1. The van der Waals surface area contributed by atoms with Crippen LogP contribution in [0.25, 0.3) is 5.57 Å². The van der Waals surface area contributed by atoms with E-state index in [9.17, 15) is 4.79 Å². The molecule has 1 heteroatoms. The van der Waals surface area contributed by atoms with Crippen LogP contribution in [0.3, 0.4) is 0 Å². The predicted molar refractivity (Wildman–Crippen MR) is 64.8 cm³/mol. The van der Waals surface area contributed by atoms with E-state index < -0.39 is 0 Å². The number of allylic oxidation sites excluding steroid dienone is 2. The fourth-order valence-electron chi connectivity index (χ4n) is 1.55. The minimum Gasteiger partial charge on any atom is -0.299 e. The first-order valence-electron chi connectivity index (χ1n) is 5.49. The van der Waals surface area contributed by atoms with E-state index in [0.29, 0.717) is 0 Å². The molecular weight excluding hydrogens is 184 g/mol. The monoisotopic (exact) mass is 202 g/mol. The highest BCUT2D eigenvalue weighted by molar-refractivity contribution is 5.80. The molecule has 80 valence electrons. The smallest absolute Gasteiger partial charge is 0.143 e. The topological polar surface area (TPSA) is 17.1 Å². The van der Waals surface area contributed by atoms with Crippen LogP contribution in [0.1, 0.15) is 37.8 Å². The molecule has 0 aromatic heterocycles. The molecule has 0 bridgehead atoms. The Bertz CT molecular complexity index is 350. The highest BCUT2D eigenvalue weighted by Gasteiger charge is 1.97. The number of aldehydes is 1. The van der Waals surface area contributed by atoms with Gasteiger partial charge >= 0.3 is 0 Å². The number of hydrogen-bond acceptors (Lipinski definition) is 1. The Labute approximate surface area is 91.8 Å². The van der Waals surface area contributed by atoms with Gasteiger partial charge in [-0.25, -0.2) is 0 Å². The molecule has 0 saturated carbocycles. The van der Waals surface area contributed by atoms with Gasteiger partial charge in [0.05, 0.1) is 0 Å². The molecule has 0 radical (unpaired) electrons. The van der Waals surface area contributed by atoms with Gasteiger partial charge in [0, 0.05) is 0 Å². The van der Waals surface area contributed by atoms with E-state index in [1.807, 2.05) is 13.0 Å². The quantitative estimate of drug-likeness (QED) is 0.526. The fraction of sp³-hybridized carbons (Fsp3) is 0.357. The van der Waals surface area contributed by atoms with Crippen molar-refractivity contribution in [2.75, 3.05) is 0 Å². The second-order valence-electron chi connectivity index (χ2n) is 3.79. The van der Waals surface area contributed by atoms with Crippen LogP contribution in [0.5, 0.6) is 0 Å². The summed E-state index contributed by atoms with van der Waals surface area (Å²) >= 11 is 0. The number of carbonyl (C=O) groups is 1. The Morgan fingerprint density at radius 1 is 1.40 bits per heavy atom. The zero-order valence-corrected chi connectivity index (χ0v) is 9.49.